The van der Waals surface area contributed by atoms with Crippen LogP contribution in [0, 0.1) is 0 Å². The lowest BCUT2D eigenvalue weighted by atomic mass is 10.4. The van der Waals surface area contributed by atoms with E-state index in [-0.39, 0.29) is 17.7 Å². The van der Waals surface area contributed by atoms with Crippen molar-refractivity contribution in [3.8, 4) is 0 Å². The van der Waals surface area contributed by atoms with Gasteiger partial charge < -0.3 is 11.1 Å². The summed E-state index contributed by atoms with van der Waals surface area (Å²) in [6, 6.07) is -0.193. The minimum absolute atomic E-state index is 0.0649. The van der Waals surface area contributed by atoms with Crippen LogP contribution < -0.4 is 11.1 Å². The topological polar surface area (TPSA) is 102 Å². The molecule has 0 fully saturated rings. The van der Waals surface area contributed by atoms with Crippen molar-refractivity contribution < 1.29 is 13.2 Å². The monoisotopic (exact) mass is 291 g/mol. The summed E-state index contributed by atoms with van der Waals surface area (Å²) in [6.07, 6.45) is 1.57. The number of rotatable bonds is 6. The molecule has 1 heterocycles. The van der Waals surface area contributed by atoms with Gasteiger partial charge in [0, 0.05) is 18.2 Å². The van der Waals surface area contributed by atoms with E-state index in [9.17, 15) is 13.2 Å². The van der Waals surface area contributed by atoms with Gasteiger partial charge in [-0.2, -0.15) is 0 Å². The molecule has 0 aromatic carbocycles. The van der Waals surface area contributed by atoms with E-state index in [0.29, 0.717) is 23.7 Å². The van der Waals surface area contributed by atoms with Crippen molar-refractivity contribution in [2.24, 2.45) is 5.73 Å². The normalized spacial score (nSPS) is 13.3. The SMILES string of the molecule is CC(N)c1nc(C(=O)NCCCS(C)(=O)=O)cs1. The maximum Gasteiger partial charge on any atom is 0.270 e. The number of aromatic nitrogens is 1. The largest absolute Gasteiger partial charge is 0.351 e. The number of nitrogens with two attached hydrogens (primary N) is 1. The molecule has 0 saturated carbocycles. The van der Waals surface area contributed by atoms with Gasteiger partial charge in [0.2, 0.25) is 0 Å². The number of carbonyl (C=O) groups is 1. The summed E-state index contributed by atoms with van der Waals surface area (Å²) >= 11 is 1.34. The lowest BCUT2D eigenvalue weighted by molar-refractivity contribution is 0.0949. The fourth-order valence-electron chi connectivity index (χ4n) is 1.23. The van der Waals surface area contributed by atoms with Crippen LogP contribution in [-0.4, -0.2) is 37.9 Å². The molecule has 1 rings (SSSR count). The predicted octanol–water partition coefficient (Wildman–Crippen LogP) is 0.327. The van der Waals surface area contributed by atoms with Gasteiger partial charge in [-0.3, -0.25) is 4.79 Å². The number of hydrogen-bond acceptors (Lipinski definition) is 6. The smallest absolute Gasteiger partial charge is 0.270 e. The number of nitrogens with one attached hydrogen (secondary N) is 1. The van der Waals surface area contributed by atoms with Gasteiger partial charge in [0.1, 0.15) is 20.5 Å². The van der Waals surface area contributed by atoms with Crippen LogP contribution in [0.5, 0.6) is 0 Å². The van der Waals surface area contributed by atoms with Gasteiger partial charge in [-0.05, 0) is 13.3 Å². The molecule has 102 valence electrons. The Hall–Kier alpha value is -0.990. The van der Waals surface area contributed by atoms with Gasteiger partial charge in [-0.1, -0.05) is 0 Å². The second-order valence-corrected chi connectivity index (χ2v) is 7.25. The number of amides is 1. The van der Waals surface area contributed by atoms with Crippen molar-refractivity contribution in [1.82, 2.24) is 10.3 Å². The zero-order valence-corrected chi connectivity index (χ0v) is 12.0. The van der Waals surface area contributed by atoms with E-state index in [1.54, 1.807) is 12.3 Å². The lowest BCUT2D eigenvalue weighted by Gasteiger charge is -2.02. The average Bonchev–Trinajstić information content (AvgIpc) is 2.72. The van der Waals surface area contributed by atoms with Crippen LogP contribution in [0.25, 0.3) is 0 Å². The van der Waals surface area contributed by atoms with Crippen LogP contribution in [0.3, 0.4) is 0 Å². The number of sulfone groups is 1. The number of carbonyl (C=O) groups excluding carboxylic acids is 1. The molecule has 3 N–H and O–H groups in total. The van der Waals surface area contributed by atoms with E-state index in [4.69, 9.17) is 5.73 Å². The molecule has 0 aliphatic rings. The molecule has 0 aliphatic carbocycles. The molecule has 0 aliphatic heterocycles. The van der Waals surface area contributed by atoms with Gasteiger partial charge in [0.25, 0.3) is 5.91 Å². The average molecular weight is 291 g/mol. The molecule has 1 atom stereocenters. The van der Waals surface area contributed by atoms with Crippen LogP contribution in [0.1, 0.15) is 34.9 Å². The Labute approximate surface area is 111 Å². The van der Waals surface area contributed by atoms with Gasteiger partial charge in [-0.25, -0.2) is 13.4 Å². The summed E-state index contributed by atoms with van der Waals surface area (Å²) in [5, 5.41) is 4.97. The van der Waals surface area contributed by atoms with Crippen LogP contribution in [0.2, 0.25) is 0 Å². The Kier molecular flexibility index (Phi) is 5.24. The molecule has 0 bridgehead atoms. The van der Waals surface area contributed by atoms with Crippen LogP contribution in [-0.2, 0) is 9.84 Å². The summed E-state index contributed by atoms with van der Waals surface area (Å²) in [5.41, 5.74) is 5.97. The van der Waals surface area contributed by atoms with Crippen molar-refractivity contribution in [1.29, 1.82) is 0 Å². The Morgan fingerprint density at radius 3 is 2.78 bits per heavy atom. The third-order valence-corrected chi connectivity index (χ3v) is 4.20. The molecular weight excluding hydrogens is 274 g/mol. The molecule has 0 radical (unpaired) electrons. The highest BCUT2D eigenvalue weighted by molar-refractivity contribution is 7.90. The molecule has 18 heavy (non-hydrogen) atoms. The second kappa shape index (κ2) is 6.26. The first-order chi connectivity index (χ1) is 8.29. The van der Waals surface area contributed by atoms with E-state index in [2.05, 4.69) is 10.3 Å². The minimum Gasteiger partial charge on any atom is -0.351 e. The second-order valence-electron chi connectivity index (χ2n) is 4.10. The summed E-state index contributed by atoms with van der Waals surface area (Å²) in [7, 11) is -2.98. The van der Waals surface area contributed by atoms with Crippen molar-refractivity contribution >= 4 is 27.1 Å². The highest BCUT2D eigenvalue weighted by atomic mass is 32.2. The highest BCUT2D eigenvalue weighted by Gasteiger charge is 2.12. The van der Waals surface area contributed by atoms with E-state index >= 15 is 0 Å². The van der Waals surface area contributed by atoms with Crippen molar-refractivity contribution in [3.05, 3.63) is 16.1 Å². The highest BCUT2D eigenvalue weighted by Crippen LogP contribution is 2.15. The fourth-order valence-corrected chi connectivity index (χ4v) is 2.65. The summed E-state index contributed by atoms with van der Waals surface area (Å²) in [4.78, 5) is 15.7. The van der Waals surface area contributed by atoms with Crippen LogP contribution >= 0.6 is 11.3 Å². The molecule has 1 unspecified atom stereocenters. The van der Waals surface area contributed by atoms with Gasteiger partial charge in [0.15, 0.2) is 0 Å². The van der Waals surface area contributed by atoms with Gasteiger partial charge in [0.05, 0.1) is 11.8 Å². The molecule has 1 aromatic rings. The van der Waals surface area contributed by atoms with E-state index in [1.165, 1.54) is 17.6 Å². The van der Waals surface area contributed by atoms with Crippen molar-refractivity contribution in [3.63, 3.8) is 0 Å². The maximum atomic E-state index is 11.6. The van der Waals surface area contributed by atoms with Gasteiger partial charge in [-0.15, -0.1) is 11.3 Å². The van der Waals surface area contributed by atoms with Crippen LogP contribution in [0.15, 0.2) is 5.38 Å². The van der Waals surface area contributed by atoms with E-state index in [1.807, 2.05) is 0 Å². The van der Waals surface area contributed by atoms with Crippen LogP contribution in [0.4, 0.5) is 0 Å². The molecule has 1 amide bonds. The molecule has 8 heteroatoms. The first-order valence-electron chi connectivity index (χ1n) is 5.46. The van der Waals surface area contributed by atoms with Gasteiger partial charge >= 0.3 is 0 Å². The quantitative estimate of drug-likeness (QED) is 0.735. The Balaban J connectivity index is 2.41. The Bertz CT molecular complexity index is 508. The summed E-state index contributed by atoms with van der Waals surface area (Å²) < 4.78 is 21.8. The molecule has 1 aromatic heterocycles. The number of hydrogen-bond donors (Lipinski definition) is 2. The van der Waals surface area contributed by atoms with E-state index in [0.717, 1.165) is 0 Å². The molecular formula is C10H17N3O3S2. The van der Waals surface area contributed by atoms with E-state index < -0.39 is 9.84 Å². The third-order valence-electron chi connectivity index (χ3n) is 2.12. The molecule has 0 spiro atoms. The first kappa shape index (κ1) is 15.1. The first-order valence-corrected chi connectivity index (χ1v) is 8.40. The molecule has 6 nitrogen and oxygen atoms in total. The predicted molar refractivity (Wildman–Crippen MR) is 71.4 cm³/mol. The Morgan fingerprint density at radius 2 is 2.28 bits per heavy atom. The zero-order valence-electron chi connectivity index (χ0n) is 10.3. The fraction of sp³-hybridized carbons (Fsp3) is 0.600. The Morgan fingerprint density at radius 1 is 1.61 bits per heavy atom. The molecule has 0 saturated heterocycles. The summed E-state index contributed by atoms with van der Waals surface area (Å²) in [6.45, 7) is 2.11. The minimum atomic E-state index is -2.98. The maximum absolute atomic E-state index is 11.6. The number of nitrogens with zero attached hydrogens (tertiary/aromatic N) is 1. The summed E-state index contributed by atoms with van der Waals surface area (Å²) in [5.74, 6) is -0.234. The standard InChI is InChI=1S/C10H17N3O3S2/c1-7(11)10-13-8(6-17-10)9(14)12-4-3-5-18(2,15)16/h6-7H,3-5,11H2,1-2H3,(H,12,14). The third kappa shape index (κ3) is 5.11. The zero-order chi connectivity index (χ0) is 13.8. The lowest BCUT2D eigenvalue weighted by Crippen LogP contribution is -2.26. The number of thiazole rings is 1. The van der Waals surface area contributed by atoms with Crippen molar-refractivity contribution in [2.75, 3.05) is 18.6 Å². The van der Waals surface area contributed by atoms with Crippen molar-refractivity contribution in [2.45, 2.75) is 19.4 Å².